The third-order valence-electron chi connectivity index (χ3n) is 10.1. The summed E-state index contributed by atoms with van der Waals surface area (Å²) in [5.41, 5.74) is 11.9. The summed E-state index contributed by atoms with van der Waals surface area (Å²) in [6.45, 7) is 0. The highest BCUT2D eigenvalue weighted by Crippen LogP contribution is 2.52. The van der Waals surface area contributed by atoms with Gasteiger partial charge in [0.1, 0.15) is 11.8 Å². The van der Waals surface area contributed by atoms with Crippen LogP contribution in [0.4, 0.5) is 11.4 Å². The van der Waals surface area contributed by atoms with Crippen molar-refractivity contribution in [3.8, 4) is 39.7 Å². The Labute approximate surface area is 307 Å². The molecular weight excluding hydrogens is 653 g/mol. The number of rotatable bonds is 6. The molecule has 3 unspecified atom stereocenters. The smallest absolute Gasteiger partial charge is 0.196 e. The van der Waals surface area contributed by atoms with E-state index < -0.39 is 0 Å². The molecule has 53 heavy (non-hydrogen) atoms. The molecule has 3 aliphatic rings. The molecule has 7 nitrogen and oxygen atoms in total. The number of para-hydroxylation sites is 1. The lowest BCUT2D eigenvalue weighted by molar-refractivity contribution is 0.260. The molecule has 0 spiro atoms. The first-order valence-corrected chi connectivity index (χ1v) is 17.9. The molecule has 3 atom stereocenters. The number of allylic oxidation sites excluding steroid dienone is 2. The minimum Gasteiger partial charge on any atom is -0.464 e. The lowest BCUT2D eigenvalue weighted by Gasteiger charge is -2.31. The summed E-state index contributed by atoms with van der Waals surface area (Å²) in [5.74, 6) is 2.83. The molecule has 10 rings (SSSR count). The van der Waals surface area contributed by atoms with Crippen LogP contribution in [0.1, 0.15) is 46.4 Å². The lowest BCUT2D eigenvalue weighted by Crippen LogP contribution is -2.23. The van der Waals surface area contributed by atoms with Crippen LogP contribution < -0.4 is 20.7 Å². The van der Waals surface area contributed by atoms with Crippen molar-refractivity contribution in [2.45, 2.75) is 18.3 Å². The van der Waals surface area contributed by atoms with Crippen LogP contribution in [0.15, 0.2) is 170 Å². The zero-order valence-electron chi connectivity index (χ0n) is 28.6. The zero-order chi connectivity index (χ0) is 35.1. The lowest BCUT2D eigenvalue weighted by atomic mass is 9.85. The maximum atomic E-state index is 6.43. The summed E-state index contributed by atoms with van der Waals surface area (Å²) in [7, 11) is 0. The number of benzene rings is 6. The molecule has 1 aromatic heterocycles. The second-order valence-electron chi connectivity index (χ2n) is 13.4. The third kappa shape index (κ3) is 5.69. The second-order valence-corrected chi connectivity index (χ2v) is 13.4. The number of nitrogens with one attached hydrogen (secondary N) is 3. The Morgan fingerprint density at radius 3 is 1.91 bits per heavy atom. The fourth-order valence-electron chi connectivity index (χ4n) is 7.44. The van der Waals surface area contributed by atoms with Gasteiger partial charge in [-0.2, -0.15) is 0 Å². The summed E-state index contributed by atoms with van der Waals surface area (Å²) in [6, 6.07) is 51.8. The van der Waals surface area contributed by atoms with Gasteiger partial charge in [-0.05, 0) is 34.9 Å². The Bertz CT molecular complexity index is 2460. The molecule has 0 radical (unpaired) electrons. The van der Waals surface area contributed by atoms with E-state index >= 15 is 0 Å². The Balaban J connectivity index is 0.949. The number of ether oxygens (including phenoxy) is 1. The Kier molecular flexibility index (Phi) is 7.53. The second kappa shape index (κ2) is 13.0. The van der Waals surface area contributed by atoms with Crippen LogP contribution in [-0.4, -0.2) is 15.0 Å². The molecule has 7 aromatic rings. The van der Waals surface area contributed by atoms with Gasteiger partial charge in [0.2, 0.25) is 0 Å². The molecule has 0 saturated carbocycles. The van der Waals surface area contributed by atoms with Crippen molar-refractivity contribution in [2.24, 2.45) is 0 Å². The third-order valence-corrected chi connectivity index (χ3v) is 10.1. The van der Waals surface area contributed by atoms with Crippen LogP contribution in [0, 0.1) is 0 Å². The fourth-order valence-corrected chi connectivity index (χ4v) is 7.44. The molecule has 0 amide bonds. The van der Waals surface area contributed by atoms with E-state index in [1.54, 1.807) is 0 Å². The molecule has 3 N–H and O–H groups in total. The zero-order valence-corrected chi connectivity index (χ0v) is 28.6. The van der Waals surface area contributed by atoms with Crippen molar-refractivity contribution < 1.29 is 4.74 Å². The highest BCUT2D eigenvalue weighted by atomic mass is 16.5. The van der Waals surface area contributed by atoms with Crippen molar-refractivity contribution in [1.82, 2.24) is 20.3 Å². The van der Waals surface area contributed by atoms with Gasteiger partial charge in [-0.15, -0.1) is 0 Å². The predicted molar refractivity (Wildman–Crippen MR) is 211 cm³/mol. The fraction of sp³-hybridized carbons (Fsp3) is 0.0652. The predicted octanol–water partition coefficient (Wildman–Crippen LogP) is 10.1. The van der Waals surface area contributed by atoms with Crippen LogP contribution in [0.2, 0.25) is 0 Å². The Hall–Kier alpha value is -6.99. The SMILES string of the molecule is C1=CC(c2nc(-c3ccccc3)nc(-c3ccccc3)n2)NC(c2ccc(C3Nc4ccccc4-c4c3ccc3c4NC(c4ccccc4)O3)cc2)=C1. The van der Waals surface area contributed by atoms with Crippen LogP contribution in [0.25, 0.3) is 39.6 Å². The first kappa shape index (κ1) is 30.8. The molecule has 254 valence electrons. The van der Waals surface area contributed by atoms with E-state index in [-0.39, 0.29) is 18.3 Å². The van der Waals surface area contributed by atoms with E-state index in [1.807, 2.05) is 78.9 Å². The Morgan fingerprint density at radius 1 is 0.528 bits per heavy atom. The quantitative estimate of drug-likeness (QED) is 0.161. The van der Waals surface area contributed by atoms with E-state index in [4.69, 9.17) is 19.7 Å². The van der Waals surface area contributed by atoms with Crippen molar-refractivity contribution in [3.63, 3.8) is 0 Å². The number of anilines is 2. The molecule has 0 bridgehead atoms. The number of hydrogen-bond donors (Lipinski definition) is 3. The van der Waals surface area contributed by atoms with Crippen LogP contribution >= 0.6 is 0 Å². The highest BCUT2D eigenvalue weighted by Gasteiger charge is 2.34. The van der Waals surface area contributed by atoms with Crippen molar-refractivity contribution in [2.75, 3.05) is 10.6 Å². The molecular formula is C46H34N6O. The van der Waals surface area contributed by atoms with E-state index in [1.165, 1.54) is 16.7 Å². The number of fused-ring (bicyclic) bond motifs is 5. The maximum Gasteiger partial charge on any atom is 0.196 e. The van der Waals surface area contributed by atoms with Gasteiger partial charge >= 0.3 is 0 Å². The van der Waals surface area contributed by atoms with Crippen molar-refractivity contribution >= 4 is 17.1 Å². The number of aromatic nitrogens is 3. The van der Waals surface area contributed by atoms with Crippen LogP contribution in [0.3, 0.4) is 0 Å². The van der Waals surface area contributed by atoms with E-state index in [0.717, 1.165) is 50.6 Å². The molecule has 6 aromatic carbocycles. The van der Waals surface area contributed by atoms with Crippen LogP contribution in [0.5, 0.6) is 5.75 Å². The summed E-state index contributed by atoms with van der Waals surface area (Å²) < 4.78 is 6.43. The topological polar surface area (TPSA) is 84.0 Å². The maximum absolute atomic E-state index is 6.43. The monoisotopic (exact) mass is 686 g/mol. The van der Waals surface area contributed by atoms with Crippen LogP contribution in [-0.2, 0) is 0 Å². The van der Waals surface area contributed by atoms with Gasteiger partial charge in [-0.3, -0.25) is 0 Å². The van der Waals surface area contributed by atoms with Gasteiger partial charge in [0.05, 0.1) is 11.7 Å². The molecule has 4 heterocycles. The first-order chi connectivity index (χ1) is 26.2. The van der Waals surface area contributed by atoms with Crippen molar-refractivity contribution in [3.05, 3.63) is 198 Å². The normalized spacial score (nSPS) is 17.9. The molecule has 0 saturated heterocycles. The minimum atomic E-state index is -0.237. The molecule has 0 aliphatic carbocycles. The number of nitrogens with zero attached hydrogens (tertiary/aromatic N) is 3. The van der Waals surface area contributed by atoms with Gasteiger partial charge < -0.3 is 20.7 Å². The van der Waals surface area contributed by atoms with E-state index in [2.05, 4.69) is 107 Å². The van der Waals surface area contributed by atoms with Gasteiger partial charge in [-0.1, -0.05) is 152 Å². The standard InChI is InChI=1S/C46H34N6O/c1-4-13-31(14-5-1)43-50-44(32-15-6-2-7-16-32)52-45(51-43)38-22-12-21-36(47-38)29-23-25-30(26-24-29)41-35-27-28-39-42(40(35)34-19-10-11-20-37(34)48-41)49-46(53-39)33-17-8-3-9-18-33/h1-28,38,41,46-49H. The van der Waals surface area contributed by atoms with Gasteiger partial charge in [0, 0.05) is 39.2 Å². The van der Waals surface area contributed by atoms with Crippen molar-refractivity contribution in [1.29, 1.82) is 0 Å². The number of dihydropyridines is 1. The summed E-state index contributed by atoms with van der Waals surface area (Å²) in [4.78, 5) is 14.8. The van der Waals surface area contributed by atoms with Gasteiger partial charge in [-0.25, -0.2) is 15.0 Å². The summed E-state index contributed by atoms with van der Waals surface area (Å²) in [6.07, 6.45) is 6.03. The van der Waals surface area contributed by atoms with Gasteiger partial charge in [0.25, 0.3) is 0 Å². The van der Waals surface area contributed by atoms with Gasteiger partial charge in [0.15, 0.2) is 23.7 Å². The molecule has 3 aliphatic heterocycles. The molecule has 0 fully saturated rings. The van der Waals surface area contributed by atoms with E-state index in [9.17, 15) is 0 Å². The van der Waals surface area contributed by atoms with E-state index in [0.29, 0.717) is 17.5 Å². The average molecular weight is 687 g/mol. The minimum absolute atomic E-state index is 0.0456. The molecule has 7 heteroatoms. The number of hydrogen-bond acceptors (Lipinski definition) is 7. The highest BCUT2D eigenvalue weighted by molar-refractivity contribution is 5.95. The average Bonchev–Trinajstić information content (AvgIpc) is 3.69. The first-order valence-electron chi connectivity index (χ1n) is 17.9. The summed E-state index contributed by atoms with van der Waals surface area (Å²) >= 11 is 0. The largest absolute Gasteiger partial charge is 0.464 e. The summed E-state index contributed by atoms with van der Waals surface area (Å²) in [5, 5.41) is 11.2. The Morgan fingerprint density at radius 2 is 1.19 bits per heavy atom.